The maximum Gasteiger partial charge on any atom is 0.223 e. The van der Waals surface area contributed by atoms with E-state index < -0.39 is 0 Å². The Bertz CT molecular complexity index is 602. The molecule has 0 aliphatic rings. The van der Waals surface area contributed by atoms with Crippen LogP contribution in [0.2, 0.25) is 0 Å². The third kappa shape index (κ3) is 3.50. The van der Waals surface area contributed by atoms with Gasteiger partial charge in [-0.15, -0.1) is 0 Å². The van der Waals surface area contributed by atoms with Gasteiger partial charge >= 0.3 is 0 Å². The van der Waals surface area contributed by atoms with E-state index in [0.29, 0.717) is 27.6 Å². The number of benzene rings is 1. The van der Waals surface area contributed by atoms with Crippen LogP contribution in [0.5, 0.6) is 11.6 Å². The van der Waals surface area contributed by atoms with Crippen molar-refractivity contribution in [3.05, 3.63) is 46.1 Å². The van der Waals surface area contributed by atoms with Crippen LogP contribution in [-0.4, -0.2) is 9.97 Å². The van der Waals surface area contributed by atoms with Gasteiger partial charge in [-0.1, -0.05) is 19.9 Å². The zero-order chi connectivity index (χ0) is 14.0. The molecule has 0 amide bonds. The molecular weight excluding hydrogens is 311 g/mol. The average Bonchev–Trinajstić information content (AvgIpc) is 2.33. The fourth-order valence-corrected chi connectivity index (χ4v) is 1.86. The Labute approximate surface area is 120 Å². The van der Waals surface area contributed by atoms with Crippen molar-refractivity contribution in [1.29, 1.82) is 0 Å². The van der Waals surface area contributed by atoms with Crippen molar-refractivity contribution in [2.75, 3.05) is 0 Å². The average molecular weight is 325 g/mol. The number of hydrogen-bond donors (Lipinski definition) is 0. The van der Waals surface area contributed by atoms with Crippen LogP contribution in [0.4, 0.5) is 4.39 Å². The zero-order valence-electron chi connectivity index (χ0n) is 10.9. The molecule has 19 heavy (non-hydrogen) atoms. The minimum absolute atomic E-state index is 0.189. The van der Waals surface area contributed by atoms with Crippen LogP contribution >= 0.6 is 15.9 Å². The van der Waals surface area contributed by atoms with E-state index in [1.54, 1.807) is 25.1 Å². The fraction of sp³-hybridized carbons (Fsp3) is 0.286. The van der Waals surface area contributed by atoms with Crippen molar-refractivity contribution in [3.63, 3.8) is 0 Å². The van der Waals surface area contributed by atoms with Gasteiger partial charge in [-0.2, -0.15) is 4.98 Å². The zero-order valence-corrected chi connectivity index (χ0v) is 12.5. The smallest absolute Gasteiger partial charge is 0.223 e. The summed E-state index contributed by atoms with van der Waals surface area (Å²) >= 11 is 3.32. The quantitative estimate of drug-likeness (QED) is 0.774. The second-order valence-electron chi connectivity index (χ2n) is 4.55. The molecule has 100 valence electrons. The molecule has 0 unspecified atom stereocenters. The lowest BCUT2D eigenvalue weighted by molar-refractivity contribution is 0.451. The Balaban J connectivity index is 2.29. The molecule has 0 radical (unpaired) electrons. The molecule has 1 heterocycles. The number of aryl methyl sites for hydroxylation is 1. The van der Waals surface area contributed by atoms with Gasteiger partial charge in [0.05, 0.1) is 0 Å². The largest absolute Gasteiger partial charge is 0.439 e. The molecule has 0 saturated carbocycles. The van der Waals surface area contributed by atoms with Crippen LogP contribution in [-0.2, 0) is 0 Å². The molecule has 0 spiro atoms. The summed E-state index contributed by atoms with van der Waals surface area (Å²) in [4.78, 5) is 8.55. The number of nitrogens with zero attached hydrogens (tertiary/aromatic N) is 2. The Kier molecular flexibility index (Phi) is 4.14. The predicted octanol–water partition coefficient (Wildman–Crippen LogP) is 4.60. The lowest BCUT2D eigenvalue weighted by Gasteiger charge is -2.09. The normalized spacial score (nSPS) is 10.8. The molecule has 0 N–H and O–H groups in total. The van der Waals surface area contributed by atoms with Gasteiger partial charge in [0.25, 0.3) is 0 Å². The molecular formula is C14H14BrFN2O. The van der Waals surface area contributed by atoms with E-state index in [9.17, 15) is 4.39 Å². The van der Waals surface area contributed by atoms with E-state index in [1.165, 1.54) is 6.07 Å². The molecule has 2 aromatic rings. The molecule has 0 aliphatic heterocycles. The second kappa shape index (κ2) is 5.65. The van der Waals surface area contributed by atoms with Gasteiger partial charge in [0, 0.05) is 18.1 Å². The molecule has 0 saturated heterocycles. The van der Waals surface area contributed by atoms with Crippen molar-refractivity contribution < 1.29 is 9.13 Å². The first kappa shape index (κ1) is 13.9. The summed E-state index contributed by atoms with van der Waals surface area (Å²) in [6.45, 7) is 5.70. The lowest BCUT2D eigenvalue weighted by Crippen LogP contribution is -2.00. The number of ether oxygens (including phenoxy) is 1. The molecule has 0 bridgehead atoms. The molecule has 0 fully saturated rings. The minimum atomic E-state index is -0.297. The highest BCUT2D eigenvalue weighted by Crippen LogP contribution is 2.25. The highest BCUT2D eigenvalue weighted by atomic mass is 79.9. The van der Waals surface area contributed by atoms with Crippen LogP contribution in [0.3, 0.4) is 0 Å². The number of aromatic nitrogens is 2. The van der Waals surface area contributed by atoms with Crippen LogP contribution in [0.25, 0.3) is 0 Å². The lowest BCUT2D eigenvalue weighted by atomic mass is 10.2. The molecule has 5 heteroatoms. The van der Waals surface area contributed by atoms with Crippen molar-refractivity contribution in [2.45, 2.75) is 26.7 Å². The van der Waals surface area contributed by atoms with Crippen LogP contribution < -0.4 is 4.74 Å². The van der Waals surface area contributed by atoms with Crippen LogP contribution in [0.1, 0.15) is 31.2 Å². The summed E-state index contributed by atoms with van der Waals surface area (Å²) in [5, 5.41) is 0. The number of hydrogen-bond acceptors (Lipinski definition) is 3. The summed E-state index contributed by atoms with van der Waals surface area (Å²) in [5.41, 5.74) is 0.582. The first-order chi connectivity index (χ1) is 8.95. The summed E-state index contributed by atoms with van der Waals surface area (Å²) < 4.78 is 19.7. The Morgan fingerprint density at radius 3 is 2.58 bits per heavy atom. The van der Waals surface area contributed by atoms with Crippen LogP contribution in [0, 0.1) is 12.7 Å². The highest BCUT2D eigenvalue weighted by molar-refractivity contribution is 9.10. The van der Waals surface area contributed by atoms with E-state index in [4.69, 9.17) is 4.74 Å². The first-order valence-electron chi connectivity index (χ1n) is 5.94. The number of halogens is 2. The molecule has 2 rings (SSSR count). The third-order valence-electron chi connectivity index (χ3n) is 2.57. The molecule has 3 nitrogen and oxygen atoms in total. The van der Waals surface area contributed by atoms with Crippen molar-refractivity contribution in [1.82, 2.24) is 9.97 Å². The van der Waals surface area contributed by atoms with Crippen molar-refractivity contribution in [2.24, 2.45) is 0 Å². The second-order valence-corrected chi connectivity index (χ2v) is 5.37. The van der Waals surface area contributed by atoms with Gasteiger partial charge < -0.3 is 4.74 Å². The summed E-state index contributed by atoms with van der Waals surface area (Å²) in [5.74, 6) is 1.39. The van der Waals surface area contributed by atoms with E-state index in [2.05, 4.69) is 25.9 Å². The summed E-state index contributed by atoms with van der Waals surface area (Å²) in [7, 11) is 0. The molecule has 1 aromatic carbocycles. The van der Waals surface area contributed by atoms with Gasteiger partial charge in [-0.25, -0.2) is 9.37 Å². The minimum Gasteiger partial charge on any atom is -0.439 e. The van der Waals surface area contributed by atoms with Crippen molar-refractivity contribution in [3.8, 4) is 11.6 Å². The topological polar surface area (TPSA) is 35.0 Å². The maximum absolute atomic E-state index is 13.4. The Hall–Kier alpha value is -1.49. The standard InChI is InChI=1S/C14H14BrFN2O/c1-8(2)14-17-12(15)7-13(18-14)19-10-5-4-9(3)11(16)6-10/h4-8H,1-3H3. The third-order valence-corrected chi connectivity index (χ3v) is 2.98. The van der Waals surface area contributed by atoms with E-state index in [-0.39, 0.29) is 11.7 Å². The maximum atomic E-state index is 13.4. The first-order valence-corrected chi connectivity index (χ1v) is 6.73. The van der Waals surface area contributed by atoms with Gasteiger partial charge in [-0.05, 0) is 34.5 Å². The summed E-state index contributed by atoms with van der Waals surface area (Å²) in [6, 6.07) is 6.39. The molecule has 0 aliphatic carbocycles. The molecule has 1 aromatic heterocycles. The van der Waals surface area contributed by atoms with Gasteiger partial charge in [0.1, 0.15) is 22.0 Å². The Morgan fingerprint density at radius 2 is 1.95 bits per heavy atom. The molecule has 0 atom stereocenters. The van der Waals surface area contributed by atoms with E-state index >= 15 is 0 Å². The predicted molar refractivity (Wildman–Crippen MR) is 75.0 cm³/mol. The van der Waals surface area contributed by atoms with Gasteiger partial charge in [0.2, 0.25) is 5.88 Å². The fourth-order valence-electron chi connectivity index (χ4n) is 1.48. The van der Waals surface area contributed by atoms with Gasteiger partial charge in [-0.3, -0.25) is 0 Å². The van der Waals surface area contributed by atoms with Crippen molar-refractivity contribution >= 4 is 15.9 Å². The number of rotatable bonds is 3. The van der Waals surface area contributed by atoms with Crippen LogP contribution in [0.15, 0.2) is 28.9 Å². The Morgan fingerprint density at radius 1 is 1.21 bits per heavy atom. The van der Waals surface area contributed by atoms with Gasteiger partial charge in [0.15, 0.2) is 0 Å². The summed E-state index contributed by atoms with van der Waals surface area (Å²) in [6.07, 6.45) is 0. The monoisotopic (exact) mass is 324 g/mol. The van der Waals surface area contributed by atoms with E-state index in [1.807, 2.05) is 13.8 Å². The highest BCUT2D eigenvalue weighted by Gasteiger charge is 2.09. The SMILES string of the molecule is Cc1ccc(Oc2cc(Br)nc(C(C)C)n2)cc1F. The van der Waals surface area contributed by atoms with E-state index in [0.717, 1.165) is 0 Å².